The van der Waals surface area contributed by atoms with Crippen molar-refractivity contribution in [2.24, 2.45) is 5.92 Å². The van der Waals surface area contributed by atoms with Crippen molar-refractivity contribution >= 4 is 11.6 Å². The number of likely N-dealkylation sites (tertiary alicyclic amines) is 1. The van der Waals surface area contributed by atoms with Crippen LogP contribution in [0.4, 0.5) is 0 Å². The van der Waals surface area contributed by atoms with Gasteiger partial charge in [-0.05, 0) is 69.3 Å². The summed E-state index contributed by atoms with van der Waals surface area (Å²) in [4.78, 5) is 2.51. The maximum absolute atomic E-state index is 9.71. The lowest BCUT2D eigenvalue weighted by Crippen LogP contribution is -2.55. The van der Waals surface area contributed by atoms with Crippen LogP contribution in [0.25, 0.3) is 0 Å². The molecule has 1 aromatic rings. The number of nitrogens with zero attached hydrogens (tertiary/aromatic N) is 1. The Kier molecular flexibility index (Phi) is 5.08. The summed E-state index contributed by atoms with van der Waals surface area (Å²) in [5.74, 6) is 0.671. The van der Waals surface area contributed by atoms with Gasteiger partial charge in [0.1, 0.15) is 0 Å². The van der Waals surface area contributed by atoms with E-state index in [4.69, 9.17) is 11.6 Å². The smallest absolute Gasteiger partial charge is 0.0613 e. The first kappa shape index (κ1) is 16.3. The van der Waals surface area contributed by atoms with Gasteiger partial charge >= 0.3 is 0 Å². The lowest BCUT2D eigenvalue weighted by Gasteiger charge is -2.39. The lowest BCUT2D eigenvalue weighted by molar-refractivity contribution is 0.113. The van der Waals surface area contributed by atoms with Gasteiger partial charge in [-0.2, -0.15) is 0 Å². The molecule has 0 amide bonds. The number of nitrogens with one attached hydrogen (secondary N) is 1. The average molecular weight is 323 g/mol. The fourth-order valence-corrected chi connectivity index (χ4v) is 3.69. The van der Waals surface area contributed by atoms with Crippen molar-refractivity contribution in [3.8, 4) is 0 Å². The highest BCUT2D eigenvalue weighted by molar-refractivity contribution is 6.30. The summed E-state index contributed by atoms with van der Waals surface area (Å²) < 4.78 is 0. The van der Waals surface area contributed by atoms with E-state index in [2.05, 4.69) is 29.3 Å². The second-order valence-electron chi connectivity index (χ2n) is 7.17. The molecule has 3 nitrogen and oxygen atoms in total. The Balaban J connectivity index is 1.47. The van der Waals surface area contributed by atoms with Gasteiger partial charge in [-0.3, -0.25) is 4.90 Å². The van der Waals surface area contributed by atoms with Crippen LogP contribution in [0.15, 0.2) is 24.3 Å². The predicted molar refractivity (Wildman–Crippen MR) is 91.1 cm³/mol. The molecule has 1 aliphatic heterocycles. The average Bonchev–Trinajstić information content (AvgIpc) is 3.37. The topological polar surface area (TPSA) is 35.5 Å². The summed E-state index contributed by atoms with van der Waals surface area (Å²) in [6.45, 7) is 5.68. The molecule has 1 aromatic carbocycles. The number of benzene rings is 1. The third-order valence-corrected chi connectivity index (χ3v) is 5.50. The van der Waals surface area contributed by atoms with Gasteiger partial charge in [0.15, 0.2) is 0 Å². The van der Waals surface area contributed by atoms with Crippen LogP contribution in [-0.2, 0) is 6.54 Å². The molecule has 1 unspecified atom stereocenters. The minimum Gasteiger partial charge on any atom is -0.394 e. The van der Waals surface area contributed by atoms with Crippen LogP contribution < -0.4 is 5.32 Å². The van der Waals surface area contributed by atoms with Crippen molar-refractivity contribution in [3.05, 3.63) is 34.9 Å². The molecule has 122 valence electrons. The van der Waals surface area contributed by atoms with Crippen molar-refractivity contribution in [1.82, 2.24) is 10.2 Å². The van der Waals surface area contributed by atoms with Crippen LogP contribution in [-0.4, -0.2) is 41.3 Å². The normalized spacial score (nSPS) is 23.4. The zero-order valence-corrected chi connectivity index (χ0v) is 14.1. The summed E-state index contributed by atoms with van der Waals surface area (Å²) in [6.07, 6.45) is 4.85. The van der Waals surface area contributed by atoms with Gasteiger partial charge < -0.3 is 10.4 Å². The number of aliphatic hydroxyl groups is 1. The molecule has 2 aliphatic rings. The molecule has 1 saturated heterocycles. The molecule has 4 heteroatoms. The quantitative estimate of drug-likeness (QED) is 0.845. The Morgan fingerprint density at radius 1 is 1.18 bits per heavy atom. The minimum absolute atomic E-state index is 0.0665. The highest BCUT2D eigenvalue weighted by Crippen LogP contribution is 2.40. The van der Waals surface area contributed by atoms with E-state index in [0.717, 1.165) is 37.5 Å². The maximum Gasteiger partial charge on any atom is 0.0613 e. The highest BCUT2D eigenvalue weighted by Gasteiger charge is 2.42. The minimum atomic E-state index is -0.0665. The van der Waals surface area contributed by atoms with E-state index in [1.165, 1.54) is 18.4 Å². The summed E-state index contributed by atoms with van der Waals surface area (Å²) in [5.41, 5.74) is 1.26. The van der Waals surface area contributed by atoms with E-state index in [0.29, 0.717) is 12.0 Å². The number of hydrogen-bond donors (Lipinski definition) is 2. The van der Waals surface area contributed by atoms with E-state index in [1.54, 1.807) is 0 Å². The van der Waals surface area contributed by atoms with Crippen LogP contribution in [0.5, 0.6) is 0 Å². The van der Waals surface area contributed by atoms with Crippen molar-refractivity contribution < 1.29 is 5.11 Å². The Labute approximate surface area is 138 Å². The van der Waals surface area contributed by atoms with E-state index in [-0.39, 0.29) is 12.1 Å². The van der Waals surface area contributed by atoms with Crippen molar-refractivity contribution in [3.63, 3.8) is 0 Å². The molecular weight excluding hydrogens is 296 g/mol. The summed E-state index contributed by atoms with van der Waals surface area (Å²) >= 11 is 5.94. The van der Waals surface area contributed by atoms with E-state index in [1.807, 2.05) is 12.1 Å². The van der Waals surface area contributed by atoms with Crippen LogP contribution in [0.3, 0.4) is 0 Å². The molecule has 1 aliphatic carbocycles. The molecule has 3 rings (SSSR count). The van der Waals surface area contributed by atoms with Crippen LogP contribution in [0.1, 0.15) is 38.2 Å². The maximum atomic E-state index is 9.71. The number of aliphatic hydroxyl groups excluding tert-OH is 1. The zero-order valence-electron chi connectivity index (χ0n) is 13.4. The first-order valence-corrected chi connectivity index (χ1v) is 8.82. The van der Waals surface area contributed by atoms with Crippen molar-refractivity contribution in [1.29, 1.82) is 0 Å². The molecule has 0 spiro atoms. The predicted octanol–water partition coefficient (Wildman–Crippen LogP) is 3.06. The van der Waals surface area contributed by atoms with Crippen LogP contribution >= 0.6 is 11.6 Å². The van der Waals surface area contributed by atoms with Gasteiger partial charge in [-0.25, -0.2) is 0 Å². The molecule has 0 bridgehead atoms. The molecule has 1 atom stereocenters. The molecule has 1 saturated carbocycles. The van der Waals surface area contributed by atoms with Gasteiger partial charge in [0, 0.05) is 23.1 Å². The number of rotatable bonds is 6. The second-order valence-corrected chi connectivity index (χ2v) is 7.61. The number of hydrogen-bond acceptors (Lipinski definition) is 3. The fraction of sp³-hybridized carbons (Fsp3) is 0.667. The first-order valence-electron chi connectivity index (χ1n) is 8.44. The van der Waals surface area contributed by atoms with Gasteiger partial charge in [-0.1, -0.05) is 23.7 Å². The lowest BCUT2D eigenvalue weighted by atomic mass is 9.93. The highest BCUT2D eigenvalue weighted by atomic mass is 35.5. The molecule has 0 radical (unpaired) electrons. The van der Waals surface area contributed by atoms with Gasteiger partial charge in [0.05, 0.1) is 6.61 Å². The van der Waals surface area contributed by atoms with Crippen LogP contribution in [0, 0.1) is 5.92 Å². The fourth-order valence-electron chi connectivity index (χ4n) is 3.56. The van der Waals surface area contributed by atoms with E-state index in [9.17, 15) is 5.11 Å². The summed E-state index contributed by atoms with van der Waals surface area (Å²) in [7, 11) is 0. The molecule has 0 aromatic heterocycles. The van der Waals surface area contributed by atoms with Gasteiger partial charge in [0.2, 0.25) is 0 Å². The van der Waals surface area contributed by atoms with Crippen LogP contribution in [0.2, 0.25) is 5.02 Å². The molecule has 2 N–H and O–H groups in total. The van der Waals surface area contributed by atoms with Crippen molar-refractivity contribution in [2.75, 3.05) is 19.7 Å². The van der Waals surface area contributed by atoms with E-state index >= 15 is 0 Å². The standard InChI is InChI=1S/C18H27ClN2O/c1-18(13-22,15-4-5-15)20-17-8-10-21(11-9-17)12-14-2-6-16(19)7-3-14/h2-3,6-7,15,17,20,22H,4-5,8-13H2,1H3. The zero-order chi connectivity index (χ0) is 15.6. The SMILES string of the molecule is CC(CO)(NC1CCN(Cc2ccc(Cl)cc2)CC1)C1CC1. The Hall–Kier alpha value is -0.610. The molecular formula is C18H27ClN2O. The van der Waals surface area contributed by atoms with Gasteiger partial charge in [-0.15, -0.1) is 0 Å². The second kappa shape index (κ2) is 6.88. The molecule has 1 heterocycles. The Morgan fingerprint density at radius 3 is 2.36 bits per heavy atom. The first-order chi connectivity index (χ1) is 10.6. The monoisotopic (exact) mass is 322 g/mol. The largest absolute Gasteiger partial charge is 0.394 e. The summed E-state index contributed by atoms with van der Waals surface area (Å²) in [5, 5.41) is 14.3. The molecule has 2 fully saturated rings. The van der Waals surface area contributed by atoms with Crippen molar-refractivity contribution in [2.45, 2.75) is 50.7 Å². The number of halogens is 1. The summed E-state index contributed by atoms with van der Waals surface area (Å²) in [6, 6.07) is 8.70. The van der Waals surface area contributed by atoms with Gasteiger partial charge in [0.25, 0.3) is 0 Å². The third-order valence-electron chi connectivity index (χ3n) is 5.25. The van der Waals surface area contributed by atoms with E-state index < -0.39 is 0 Å². The number of piperidine rings is 1. The molecule has 22 heavy (non-hydrogen) atoms. The third kappa shape index (κ3) is 4.02. The Morgan fingerprint density at radius 2 is 1.82 bits per heavy atom. The Bertz CT molecular complexity index is 480.